The van der Waals surface area contributed by atoms with Crippen LogP contribution in [0.25, 0.3) is 5.69 Å². The molecule has 26 heavy (non-hydrogen) atoms. The molecule has 2 aromatic rings. The van der Waals surface area contributed by atoms with Crippen molar-refractivity contribution in [2.45, 2.75) is 43.5 Å². The van der Waals surface area contributed by atoms with E-state index in [-0.39, 0.29) is 16.8 Å². The lowest BCUT2D eigenvalue weighted by atomic mass is 10.2. The van der Waals surface area contributed by atoms with E-state index in [2.05, 4.69) is 9.82 Å². The Morgan fingerprint density at radius 1 is 1.27 bits per heavy atom. The largest absolute Gasteiger partial charge is 0.341 e. The molecule has 0 saturated carbocycles. The maximum Gasteiger partial charge on any atom is 0.240 e. The second-order valence-electron chi connectivity index (χ2n) is 6.45. The first-order valence-electron chi connectivity index (χ1n) is 8.90. The van der Waals surface area contributed by atoms with Gasteiger partial charge in [0.25, 0.3) is 0 Å². The number of likely N-dealkylation sites (tertiary alicyclic amines) is 1. The van der Waals surface area contributed by atoms with Crippen LogP contribution in [0.5, 0.6) is 0 Å². The Morgan fingerprint density at radius 3 is 2.69 bits per heavy atom. The lowest BCUT2D eigenvalue weighted by molar-refractivity contribution is -0.131. The zero-order valence-electron chi connectivity index (χ0n) is 14.8. The van der Waals surface area contributed by atoms with E-state index < -0.39 is 10.0 Å². The van der Waals surface area contributed by atoms with Gasteiger partial charge in [0.15, 0.2) is 0 Å². The summed E-state index contributed by atoms with van der Waals surface area (Å²) in [7, 11) is -3.64. The van der Waals surface area contributed by atoms with E-state index in [0.29, 0.717) is 19.5 Å². The smallest absolute Gasteiger partial charge is 0.240 e. The number of nitrogens with zero attached hydrogens (tertiary/aromatic N) is 3. The van der Waals surface area contributed by atoms with E-state index in [4.69, 9.17) is 0 Å². The third kappa shape index (κ3) is 4.31. The number of aromatic nitrogens is 2. The average Bonchev–Trinajstić information content (AvgIpc) is 3.08. The van der Waals surface area contributed by atoms with Gasteiger partial charge in [-0.2, -0.15) is 5.10 Å². The van der Waals surface area contributed by atoms with Crippen LogP contribution in [0, 0.1) is 0 Å². The van der Waals surface area contributed by atoms with E-state index in [1.807, 2.05) is 13.0 Å². The van der Waals surface area contributed by atoms with Crippen molar-refractivity contribution in [3.05, 3.63) is 42.7 Å². The molecule has 3 rings (SSSR count). The molecule has 0 radical (unpaired) electrons. The van der Waals surface area contributed by atoms with Gasteiger partial charge in [-0.15, -0.1) is 0 Å². The lowest BCUT2D eigenvalue weighted by Crippen LogP contribution is -2.44. The number of benzene rings is 1. The topological polar surface area (TPSA) is 84.3 Å². The fourth-order valence-electron chi connectivity index (χ4n) is 3.18. The van der Waals surface area contributed by atoms with Gasteiger partial charge in [0.1, 0.15) is 0 Å². The van der Waals surface area contributed by atoms with Gasteiger partial charge in [-0.25, -0.2) is 17.8 Å². The predicted molar refractivity (Wildman–Crippen MR) is 98.4 cm³/mol. The number of carbonyl (C=O) groups is 1. The molecule has 0 spiro atoms. The Labute approximate surface area is 154 Å². The summed E-state index contributed by atoms with van der Waals surface area (Å²) in [5, 5.41) is 4.13. The quantitative estimate of drug-likeness (QED) is 0.864. The highest BCUT2D eigenvalue weighted by molar-refractivity contribution is 7.89. The summed E-state index contributed by atoms with van der Waals surface area (Å²) >= 11 is 0. The van der Waals surface area contributed by atoms with Crippen molar-refractivity contribution < 1.29 is 13.2 Å². The minimum atomic E-state index is -3.64. The molecular formula is C18H24N4O3S. The van der Waals surface area contributed by atoms with Gasteiger partial charge in [-0.3, -0.25) is 4.79 Å². The zero-order chi connectivity index (χ0) is 18.6. The summed E-state index contributed by atoms with van der Waals surface area (Å²) in [6, 6.07) is 8.14. The maximum atomic E-state index is 12.7. The number of amides is 1. The summed E-state index contributed by atoms with van der Waals surface area (Å²) in [5.74, 6) is 0.0691. The van der Waals surface area contributed by atoms with Crippen molar-refractivity contribution in [3.63, 3.8) is 0 Å². The van der Waals surface area contributed by atoms with Gasteiger partial charge >= 0.3 is 0 Å². The van der Waals surface area contributed by atoms with E-state index in [1.165, 1.54) is 0 Å². The van der Waals surface area contributed by atoms with Crippen LogP contribution in [0.3, 0.4) is 0 Å². The van der Waals surface area contributed by atoms with E-state index in [9.17, 15) is 13.2 Å². The van der Waals surface area contributed by atoms with Gasteiger partial charge in [0.05, 0.1) is 10.6 Å². The van der Waals surface area contributed by atoms with Crippen molar-refractivity contribution in [2.75, 3.05) is 13.1 Å². The molecule has 1 fully saturated rings. The third-order valence-electron chi connectivity index (χ3n) is 4.56. The molecule has 140 valence electrons. The molecule has 0 bridgehead atoms. The van der Waals surface area contributed by atoms with Gasteiger partial charge < -0.3 is 4.90 Å². The lowest BCUT2D eigenvalue weighted by Gasteiger charge is -2.24. The summed E-state index contributed by atoms with van der Waals surface area (Å²) in [5.41, 5.74) is 0.795. The van der Waals surface area contributed by atoms with E-state index in [1.54, 1.807) is 46.2 Å². The van der Waals surface area contributed by atoms with Crippen LogP contribution in [0.2, 0.25) is 0 Å². The van der Waals surface area contributed by atoms with Crippen LogP contribution in [0.4, 0.5) is 0 Å². The Balaban J connectivity index is 1.72. The highest BCUT2D eigenvalue weighted by Crippen LogP contribution is 2.17. The Bertz CT molecular complexity index is 832. The third-order valence-corrected chi connectivity index (χ3v) is 6.10. The molecular weight excluding hydrogens is 352 g/mol. The van der Waals surface area contributed by atoms with Crippen molar-refractivity contribution in [2.24, 2.45) is 0 Å². The summed E-state index contributed by atoms with van der Waals surface area (Å²) in [4.78, 5) is 14.0. The molecule has 1 N–H and O–H groups in total. The van der Waals surface area contributed by atoms with Crippen molar-refractivity contribution in [1.29, 1.82) is 0 Å². The molecule has 0 aliphatic carbocycles. The Morgan fingerprint density at radius 2 is 2.04 bits per heavy atom. The molecule has 7 nitrogen and oxygen atoms in total. The molecule has 1 aliphatic heterocycles. The molecule has 1 aliphatic rings. The Kier molecular flexibility index (Phi) is 5.73. The van der Waals surface area contributed by atoms with Crippen LogP contribution in [-0.2, 0) is 14.8 Å². The molecule has 2 heterocycles. The predicted octanol–water partition coefficient (Wildman–Crippen LogP) is 1.94. The van der Waals surface area contributed by atoms with Crippen LogP contribution < -0.4 is 4.72 Å². The number of hydrogen-bond acceptors (Lipinski definition) is 4. The number of hydrogen-bond donors (Lipinski definition) is 1. The zero-order valence-corrected chi connectivity index (χ0v) is 15.7. The molecule has 8 heteroatoms. The number of sulfonamides is 1. The monoisotopic (exact) mass is 376 g/mol. The fraction of sp³-hybridized carbons (Fsp3) is 0.444. The standard InChI is InChI=1S/C18H24N4O3S/c1-2-18(23)21-12-4-3-6-15(14-21)20-26(24,25)17-9-7-16(8-10-17)22-13-5-11-19-22/h5,7-11,13,15,20H,2-4,6,12,14H2,1H3. The van der Waals surface area contributed by atoms with Crippen LogP contribution >= 0.6 is 0 Å². The maximum absolute atomic E-state index is 12.7. The number of nitrogens with one attached hydrogen (secondary N) is 1. The molecule has 1 amide bonds. The molecule has 1 unspecified atom stereocenters. The average molecular weight is 376 g/mol. The molecule has 1 aromatic heterocycles. The van der Waals surface area contributed by atoms with Gasteiger partial charge in [-0.1, -0.05) is 13.3 Å². The van der Waals surface area contributed by atoms with Gasteiger partial charge in [-0.05, 0) is 43.2 Å². The van der Waals surface area contributed by atoms with Crippen LogP contribution in [0.1, 0.15) is 32.6 Å². The first-order chi connectivity index (χ1) is 12.5. The highest BCUT2D eigenvalue weighted by atomic mass is 32.2. The Hall–Kier alpha value is -2.19. The van der Waals surface area contributed by atoms with Gasteiger partial charge in [0.2, 0.25) is 15.9 Å². The molecule has 1 aromatic carbocycles. The van der Waals surface area contributed by atoms with Crippen LogP contribution in [-0.4, -0.2) is 48.1 Å². The summed E-state index contributed by atoms with van der Waals surface area (Å²) in [6.45, 7) is 2.95. The second-order valence-corrected chi connectivity index (χ2v) is 8.17. The van der Waals surface area contributed by atoms with Crippen molar-refractivity contribution >= 4 is 15.9 Å². The van der Waals surface area contributed by atoms with E-state index >= 15 is 0 Å². The second kappa shape index (κ2) is 8.01. The molecule has 1 saturated heterocycles. The van der Waals surface area contributed by atoms with Crippen molar-refractivity contribution in [1.82, 2.24) is 19.4 Å². The molecule has 1 atom stereocenters. The summed E-state index contributed by atoms with van der Waals surface area (Å²) in [6.07, 6.45) is 6.45. The highest BCUT2D eigenvalue weighted by Gasteiger charge is 2.25. The summed E-state index contributed by atoms with van der Waals surface area (Å²) < 4.78 is 29.9. The minimum absolute atomic E-state index is 0.0691. The SMILES string of the molecule is CCC(=O)N1CCCCC(NS(=O)(=O)c2ccc(-n3cccn3)cc2)C1. The first-order valence-corrected chi connectivity index (χ1v) is 10.4. The normalized spacial score (nSPS) is 18.5. The van der Waals surface area contributed by atoms with Gasteiger partial charge in [0, 0.05) is 37.9 Å². The van der Waals surface area contributed by atoms with E-state index in [0.717, 1.165) is 24.9 Å². The van der Waals surface area contributed by atoms with Crippen molar-refractivity contribution in [3.8, 4) is 5.69 Å². The number of carbonyl (C=O) groups excluding carboxylic acids is 1. The number of rotatable bonds is 5. The van der Waals surface area contributed by atoms with Crippen LogP contribution in [0.15, 0.2) is 47.6 Å². The fourth-order valence-corrected chi connectivity index (χ4v) is 4.44. The first kappa shape index (κ1) is 18.6. The minimum Gasteiger partial charge on any atom is -0.341 e.